The number of aliphatic hydroxyl groups excluding tert-OH is 2. The van der Waals surface area contributed by atoms with Gasteiger partial charge in [-0.1, -0.05) is 113 Å². The normalized spacial score (nSPS) is 13.0. The van der Waals surface area contributed by atoms with E-state index in [0.717, 1.165) is 29.2 Å². The third-order valence-electron chi connectivity index (χ3n) is 9.33. The number of carbonyl (C=O) groups excluding carboxylic acids is 2. The summed E-state index contributed by atoms with van der Waals surface area (Å²) in [7, 11) is 0. The molecule has 4 aromatic rings. The molecule has 0 aliphatic carbocycles. The van der Waals surface area contributed by atoms with Crippen molar-refractivity contribution in [3.63, 3.8) is 0 Å². The summed E-state index contributed by atoms with van der Waals surface area (Å²) in [6.07, 6.45) is 4.99. The van der Waals surface area contributed by atoms with E-state index in [4.69, 9.17) is 9.47 Å². The van der Waals surface area contributed by atoms with Gasteiger partial charge in [0.2, 0.25) is 0 Å². The second-order valence-corrected chi connectivity index (χ2v) is 13.3. The van der Waals surface area contributed by atoms with Crippen LogP contribution in [0.2, 0.25) is 0 Å². The average molecular weight is 677 g/mol. The lowest BCUT2D eigenvalue weighted by atomic mass is 9.91. The zero-order valence-electron chi connectivity index (χ0n) is 30.0. The number of hydrogen-bond acceptors (Lipinski definition) is 6. The van der Waals surface area contributed by atoms with E-state index in [1.807, 2.05) is 0 Å². The SMILES string of the molecule is C=C(C(=O)OCC(CCc1ccc2cc(-c3ccc(-c4ccc(CCCCC)cc4)cc3CC)ccc2c1)COC(=O)C(=C)C(C)O)C(C)O. The molecule has 0 spiro atoms. The molecular formula is C44H52O6. The second-order valence-electron chi connectivity index (χ2n) is 13.3. The number of carbonyl (C=O) groups is 2. The van der Waals surface area contributed by atoms with Gasteiger partial charge < -0.3 is 19.7 Å². The molecule has 0 aromatic heterocycles. The summed E-state index contributed by atoms with van der Waals surface area (Å²) in [5, 5.41) is 21.6. The molecule has 2 atom stereocenters. The first kappa shape index (κ1) is 38.3. The Balaban J connectivity index is 1.46. The van der Waals surface area contributed by atoms with Crippen LogP contribution in [0.1, 0.15) is 70.1 Å². The van der Waals surface area contributed by atoms with E-state index >= 15 is 0 Å². The predicted octanol–water partition coefficient (Wildman–Crippen LogP) is 8.98. The van der Waals surface area contributed by atoms with Gasteiger partial charge in [0, 0.05) is 5.92 Å². The molecule has 4 aromatic carbocycles. The molecule has 0 bridgehead atoms. The Kier molecular flexibility index (Phi) is 14.1. The van der Waals surface area contributed by atoms with Gasteiger partial charge in [-0.2, -0.15) is 0 Å². The first-order valence-corrected chi connectivity index (χ1v) is 17.8. The van der Waals surface area contributed by atoms with E-state index in [-0.39, 0.29) is 30.3 Å². The molecule has 0 aliphatic rings. The van der Waals surface area contributed by atoms with Gasteiger partial charge in [0.05, 0.1) is 36.6 Å². The van der Waals surface area contributed by atoms with Crippen molar-refractivity contribution in [2.24, 2.45) is 5.92 Å². The monoisotopic (exact) mass is 676 g/mol. The molecule has 264 valence electrons. The lowest BCUT2D eigenvalue weighted by Gasteiger charge is -2.19. The molecule has 0 aliphatic heterocycles. The molecule has 0 saturated heterocycles. The summed E-state index contributed by atoms with van der Waals surface area (Å²) in [4.78, 5) is 24.6. The van der Waals surface area contributed by atoms with E-state index in [1.54, 1.807) is 0 Å². The fourth-order valence-electron chi connectivity index (χ4n) is 5.91. The molecule has 50 heavy (non-hydrogen) atoms. The number of aryl methyl sites for hydroxylation is 3. The van der Waals surface area contributed by atoms with E-state index in [2.05, 4.69) is 106 Å². The fourth-order valence-corrected chi connectivity index (χ4v) is 5.91. The number of fused-ring (bicyclic) bond motifs is 1. The fraction of sp³-hybridized carbons (Fsp3) is 0.364. The van der Waals surface area contributed by atoms with E-state index in [0.29, 0.717) is 12.8 Å². The van der Waals surface area contributed by atoms with Crippen molar-refractivity contribution in [2.75, 3.05) is 13.2 Å². The Bertz CT molecular complexity index is 1750. The molecular weight excluding hydrogens is 624 g/mol. The van der Waals surface area contributed by atoms with Gasteiger partial charge in [0.15, 0.2) is 0 Å². The van der Waals surface area contributed by atoms with E-state index < -0.39 is 24.1 Å². The maximum atomic E-state index is 12.3. The van der Waals surface area contributed by atoms with Gasteiger partial charge in [-0.15, -0.1) is 0 Å². The highest BCUT2D eigenvalue weighted by atomic mass is 16.5. The van der Waals surface area contributed by atoms with E-state index in [1.165, 1.54) is 66.5 Å². The van der Waals surface area contributed by atoms with Crippen LogP contribution in [-0.2, 0) is 38.3 Å². The summed E-state index contributed by atoms with van der Waals surface area (Å²) in [6, 6.07) is 28.8. The van der Waals surface area contributed by atoms with Crippen molar-refractivity contribution in [1.29, 1.82) is 0 Å². The van der Waals surface area contributed by atoms with Crippen molar-refractivity contribution in [2.45, 2.75) is 84.8 Å². The van der Waals surface area contributed by atoms with Crippen molar-refractivity contribution in [3.8, 4) is 22.3 Å². The van der Waals surface area contributed by atoms with Crippen LogP contribution in [0.3, 0.4) is 0 Å². The molecule has 6 nitrogen and oxygen atoms in total. The number of unbranched alkanes of at least 4 members (excludes halogenated alkanes) is 2. The van der Waals surface area contributed by atoms with Crippen LogP contribution in [0.25, 0.3) is 33.0 Å². The molecule has 0 heterocycles. The first-order chi connectivity index (χ1) is 24.0. The zero-order chi connectivity index (χ0) is 36.2. The van der Waals surface area contributed by atoms with Crippen LogP contribution in [0.15, 0.2) is 103 Å². The molecule has 2 unspecified atom stereocenters. The highest BCUT2D eigenvalue weighted by Crippen LogP contribution is 2.32. The molecule has 0 radical (unpaired) electrons. The first-order valence-electron chi connectivity index (χ1n) is 17.8. The summed E-state index contributed by atoms with van der Waals surface area (Å²) >= 11 is 0. The van der Waals surface area contributed by atoms with Gasteiger partial charge in [-0.3, -0.25) is 0 Å². The minimum Gasteiger partial charge on any atom is -0.462 e. The van der Waals surface area contributed by atoms with Crippen LogP contribution in [0.5, 0.6) is 0 Å². The Morgan fingerprint density at radius 1 is 0.660 bits per heavy atom. The minimum absolute atomic E-state index is 0.0150. The van der Waals surface area contributed by atoms with Crippen LogP contribution < -0.4 is 0 Å². The standard InChI is InChI=1S/C44H52O6/c1-7-9-10-11-33-14-17-37(18-15-33)39-22-23-42(36(8-2)25-39)41-21-20-38-24-34(16-19-40(38)26-41)12-13-35(27-49-43(47)29(3)31(5)45)28-50-44(48)30(4)32(6)46/h14-26,31-32,35,45-46H,3-4,7-13,27-28H2,1-2,5-6H3. The Hall–Kier alpha value is -4.52. The number of aliphatic hydroxyl groups is 2. The highest BCUT2D eigenvalue weighted by molar-refractivity contribution is 5.90. The van der Waals surface area contributed by atoms with Gasteiger partial charge in [0.25, 0.3) is 0 Å². The predicted molar refractivity (Wildman–Crippen MR) is 203 cm³/mol. The minimum atomic E-state index is -1.03. The Morgan fingerprint density at radius 2 is 1.22 bits per heavy atom. The maximum absolute atomic E-state index is 12.3. The van der Waals surface area contributed by atoms with Gasteiger partial charge in [-0.25, -0.2) is 9.59 Å². The maximum Gasteiger partial charge on any atom is 0.336 e. The molecule has 2 N–H and O–H groups in total. The van der Waals surface area contributed by atoms with Crippen molar-refractivity contribution in [1.82, 2.24) is 0 Å². The van der Waals surface area contributed by atoms with Crippen molar-refractivity contribution >= 4 is 22.7 Å². The molecule has 0 saturated carbocycles. The number of benzene rings is 4. The quantitative estimate of drug-likeness (QED) is 0.0621. The van der Waals surface area contributed by atoms with Gasteiger partial charge in [0.1, 0.15) is 0 Å². The van der Waals surface area contributed by atoms with Crippen LogP contribution in [0.4, 0.5) is 0 Å². The molecule has 4 rings (SSSR count). The summed E-state index contributed by atoms with van der Waals surface area (Å²) in [6.45, 7) is 14.5. The molecule has 6 heteroatoms. The smallest absolute Gasteiger partial charge is 0.336 e. The van der Waals surface area contributed by atoms with Crippen LogP contribution >= 0.6 is 0 Å². The lowest BCUT2D eigenvalue weighted by Crippen LogP contribution is -2.25. The van der Waals surface area contributed by atoms with Crippen molar-refractivity contribution < 1.29 is 29.3 Å². The average Bonchev–Trinajstić information content (AvgIpc) is 3.13. The van der Waals surface area contributed by atoms with Gasteiger partial charge in [-0.05, 0) is 102 Å². The Morgan fingerprint density at radius 3 is 1.82 bits per heavy atom. The summed E-state index contributed by atoms with van der Waals surface area (Å²) < 4.78 is 10.8. The lowest BCUT2D eigenvalue weighted by molar-refractivity contribution is -0.145. The largest absolute Gasteiger partial charge is 0.462 e. The van der Waals surface area contributed by atoms with Gasteiger partial charge >= 0.3 is 11.9 Å². The molecule has 0 amide bonds. The summed E-state index contributed by atoms with van der Waals surface area (Å²) in [5.41, 5.74) is 8.63. The van der Waals surface area contributed by atoms with Crippen molar-refractivity contribution in [3.05, 3.63) is 120 Å². The van der Waals surface area contributed by atoms with E-state index in [9.17, 15) is 19.8 Å². The molecule has 0 fully saturated rings. The third kappa shape index (κ3) is 10.5. The number of ether oxygens (including phenoxy) is 2. The number of rotatable bonds is 18. The van der Waals surface area contributed by atoms with Crippen LogP contribution in [0, 0.1) is 5.92 Å². The zero-order valence-corrected chi connectivity index (χ0v) is 30.0. The third-order valence-corrected chi connectivity index (χ3v) is 9.33. The number of hydrogen-bond donors (Lipinski definition) is 2. The topological polar surface area (TPSA) is 93.1 Å². The number of esters is 2. The van der Waals surface area contributed by atoms with Crippen LogP contribution in [-0.4, -0.2) is 47.6 Å². The highest BCUT2D eigenvalue weighted by Gasteiger charge is 2.20. The Labute approximate surface area is 297 Å². The second kappa shape index (κ2) is 18.5. The summed E-state index contributed by atoms with van der Waals surface area (Å²) in [5.74, 6) is -1.71.